The zero-order valence-corrected chi connectivity index (χ0v) is 20.0. The maximum Gasteiger partial charge on any atom is 0.253 e. The number of hydrogen-bond donors (Lipinski definition) is 1. The largest absolute Gasteiger partial charge is 0.470 e. The first kappa shape index (κ1) is 21.9. The highest BCUT2D eigenvalue weighted by molar-refractivity contribution is 5.97. The highest BCUT2D eigenvalue weighted by Gasteiger charge is 2.57. The molecule has 3 aliphatic rings. The van der Waals surface area contributed by atoms with Crippen LogP contribution in [0.1, 0.15) is 41.1 Å². The van der Waals surface area contributed by atoms with Crippen LogP contribution < -0.4 is 10.1 Å². The Bertz CT molecular complexity index is 1630. The summed E-state index contributed by atoms with van der Waals surface area (Å²) in [5.74, 6) is 2.13. The van der Waals surface area contributed by atoms with E-state index in [2.05, 4.69) is 30.8 Å². The van der Waals surface area contributed by atoms with Crippen molar-refractivity contribution < 1.29 is 18.8 Å². The third-order valence-corrected chi connectivity index (χ3v) is 7.17. The molecule has 186 valence electrons. The summed E-state index contributed by atoms with van der Waals surface area (Å²) >= 11 is 0. The van der Waals surface area contributed by atoms with Crippen LogP contribution in [0.3, 0.4) is 0 Å². The van der Waals surface area contributed by atoms with Crippen molar-refractivity contribution in [3.8, 4) is 17.4 Å². The average molecular weight is 498 g/mol. The van der Waals surface area contributed by atoms with Crippen LogP contribution in [-0.4, -0.2) is 48.5 Å². The summed E-state index contributed by atoms with van der Waals surface area (Å²) in [7, 11) is 1.58. The Morgan fingerprint density at radius 3 is 2.70 bits per heavy atom. The van der Waals surface area contributed by atoms with E-state index in [1.54, 1.807) is 36.0 Å². The molecule has 0 atom stereocenters. The van der Waals surface area contributed by atoms with E-state index in [0.717, 1.165) is 36.0 Å². The number of rotatable bonds is 8. The molecule has 3 aliphatic carbocycles. The first-order valence-electron chi connectivity index (χ1n) is 12.1. The fraction of sp³-hybridized carbons (Fsp3) is 0.308. The minimum absolute atomic E-state index is 0.0350. The smallest absolute Gasteiger partial charge is 0.253 e. The van der Waals surface area contributed by atoms with Crippen LogP contribution in [-0.2, 0) is 18.0 Å². The summed E-state index contributed by atoms with van der Waals surface area (Å²) in [5.41, 5.74) is 2.33. The Morgan fingerprint density at radius 1 is 1.14 bits per heavy atom. The number of pyridine rings is 1. The molecule has 4 heterocycles. The maximum absolute atomic E-state index is 12.6. The molecule has 3 fully saturated rings. The number of ether oxygens (including phenoxy) is 2. The molecule has 11 nitrogen and oxygen atoms in total. The van der Waals surface area contributed by atoms with E-state index >= 15 is 0 Å². The number of aromatic nitrogens is 6. The molecular formula is C26H23N7O4. The van der Waals surface area contributed by atoms with Crippen LogP contribution in [0.25, 0.3) is 27.9 Å². The van der Waals surface area contributed by atoms with Crippen LogP contribution in [0, 0.1) is 5.92 Å². The van der Waals surface area contributed by atoms with E-state index in [1.165, 1.54) is 0 Å². The zero-order chi connectivity index (χ0) is 25.0. The van der Waals surface area contributed by atoms with Gasteiger partial charge in [0.15, 0.2) is 17.1 Å². The minimum Gasteiger partial charge on any atom is -0.470 e. The van der Waals surface area contributed by atoms with E-state index in [9.17, 15) is 4.79 Å². The normalized spacial score (nSPS) is 20.0. The van der Waals surface area contributed by atoms with Gasteiger partial charge in [0, 0.05) is 35.7 Å². The fourth-order valence-corrected chi connectivity index (χ4v) is 5.18. The van der Waals surface area contributed by atoms with Crippen LogP contribution in [0.4, 0.5) is 0 Å². The number of methoxy groups -OCH3 is 1. The second-order valence-electron chi connectivity index (χ2n) is 9.76. The predicted molar refractivity (Wildman–Crippen MR) is 131 cm³/mol. The SMILES string of the molecule is COCc1cc(-c2nnc3c4ccccc4c(OCc4ccc(C(=O)NC56CC(C5)C6)cn4)nn23)no1. The molecule has 0 unspecified atom stereocenters. The monoisotopic (exact) mass is 497 g/mol. The fourth-order valence-electron chi connectivity index (χ4n) is 5.18. The second-order valence-corrected chi connectivity index (χ2v) is 9.76. The maximum atomic E-state index is 12.6. The standard InChI is InChI=1S/C26H23N7O4/c1-35-14-18-8-21(32-37-18)23-30-29-22-19-4-2-3-5-20(19)25(31-33(22)23)36-13-17-7-6-16(12-27-17)24(34)28-26-9-15(10-26)11-26/h2-8,12,15H,9-11,13-14H2,1H3,(H,28,34). The first-order chi connectivity index (χ1) is 18.1. The third kappa shape index (κ3) is 3.70. The molecule has 1 N–H and O–H groups in total. The van der Waals surface area contributed by atoms with Crippen LogP contribution >= 0.6 is 0 Å². The summed E-state index contributed by atoms with van der Waals surface area (Å²) in [6, 6.07) is 13.0. The van der Waals surface area contributed by atoms with Gasteiger partial charge in [0.25, 0.3) is 5.91 Å². The van der Waals surface area contributed by atoms with E-state index in [-0.39, 0.29) is 18.1 Å². The molecular weight excluding hydrogens is 474 g/mol. The molecule has 0 radical (unpaired) electrons. The molecule has 0 aliphatic heterocycles. The molecule has 0 spiro atoms. The van der Waals surface area contributed by atoms with Gasteiger partial charge in [-0.05, 0) is 43.4 Å². The number of benzene rings is 1. The molecule has 8 rings (SSSR count). The van der Waals surface area contributed by atoms with Crippen LogP contribution in [0.15, 0.2) is 53.2 Å². The van der Waals surface area contributed by atoms with Gasteiger partial charge in [-0.1, -0.05) is 23.4 Å². The Kier molecular flexibility index (Phi) is 4.93. The molecule has 1 amide bonds. The molecule has 37 heavy (non-hydrogen) atoms. The van der Waals surface area contributed by atoms with Crippen LogP contribution in [0.2, 0.25) is 0 Å². The zero-order valence-electron chi connectivity index (χ0n) is 20.0. The predicted octanol–water partition coefficient (Wildman–Crippen LogP) is 3.34. The average Bonchev–Trinajstić information content (AvgIpc) is 3.51. The summed E-state index contributed by atoms with van der Waals surface area (Å²) in [6.45, 7) is 0.471. The van der Waals surface area contributed by atoms with Crippen molar-refractivity contribution in [2.24, 2.45) is 5.92 Å². The van der Waals surface area contributed by atoms with Crippen molar-refractivity contribution in [2.75, 3.05) is 7.11 Å². The van der Waals surface area contributed by atoms with Crippen molar-refractivity contribution in [3.63, 3.8) is 0 Å². The summed E-state index contributed by atoms with van der Waals surface area (Å²) in [6.07, 6.45) is 4.89. The number of nitrogens with zero attached hydrogens (tertiary/aromatic N) is 6. The van der Waals surface area contributed by atoms with Gasteiger partial charge in [0.05, 0.1) is 11.3 Å². The Balaban J connectivity index is 1.15. The number of hydrogen-bond acceptors (Lipinski definition) is 9. The molecule has 11 heteroatoms. The van der Waals surface area contributed by atoms with Crippen molar-refractivity contribution in [3.05, 3.63) is 65.7 Å². The Hall–Kier alpha value is -4.38. The minimum atomic E-state index is -0.0714. The molecule has 2 bridgehead atoms. The van der Waals surface area contributed by atoms with Gasteiger partial charge >= 0.3 is 0 Å². The molecule has 3 saturated carbocycles. The van der Waals surface area contributed by atoms with E-state index in [4.69, 9.17) is 14.0 Å². The molecule has 0 saturated heterocycles. The van der Waals surface area contributed by atoms with Gasteiger partial charge < -0.3 is 19.3 Å². The van der Waals surface area contributed by atoms with Crippen LogP contribution in [0.5, 0.6) is 5.88 Å². The van der Waals surface area contributed by atoms with E-state index in [0.29, 0.717) is 46.7 Å². The molecule has 4 aromatic heterocycles. The first-order valence-corrected chi connectivity index (χ1v) is 12.1. The Labute approximate surface area is 210 Å². The van der Waals surface area contributed by atoms with Crippen molar-refractivity contribution in [2.45, 2.75) is 38.0 Å². The van der Waals surface area contributed by atoms with E-state index < -0.39 is 0 Å². The molecule has 1 aromatic carbocycles. The molecule has 5 aromatic rings. The number of amides is 1. The van der Waals surface area contributed by atoms with E-state index in [1.807, 2.05) is 24.3 Å². The third-order valence-electron chi connectivity index (χ3n) is 7.17. The number of carbonyl (C=O) groups is 1. The highest BCUT2D eigenvalue weighted by Crippen LogP contribution is 2.57. The van der Waals surface area contributed by atoms with Gasteiger partial charge in [-0.15, -0.1) is 15.3 Å². The lowest BCUT2D eigenvalue weighted by atomic mass is 9.50. The lowest BCUT2D eigenvalue weighted by molar-refractivity contribution is -0.0438. The van der Waals surface area contributed by atoms with Gasteiger partial charge in [-0.3, -0.25) is 9.78 Å². The number of carbonyl (C=O) groups excluding carboxylic acids is 1. The second kappa shape index (κ2) is 8.34. The number of fused-ring (bicyclic) bond motifs is 3. The highest BCUT2D eigenvalue weighted by atomic mass is 16.5. The van der Waals surface area contributed by atoms with Crippen molar-refractivity contribution in [1.82, 2.24) is 35.3 Å². The van der Waals surface area contributed by atoms with Gasteiger partial charge in [-0.25, -0.2) is 0 Å². The summed E-state index contributed by atoms with van der Waals surface area (Å²) < 4.78 is 18.1. The lowest BCUT2D eigenvalue weighted by Gasteiger charge is -2.61. The Morgan fingerprint density at radius 2 is 1.97 bits per heavy atom. The van der Waals surface area contributed by atoms with Crippen molar-refractivity contribution >= 4 is 22.3 Å². The van der Waals surface area contributed by atoms with Gasteiger partial charge in [0.1, 0.15) is 13.2 Å². The van der Waals surface area contributed by atoms with Gasteiger partial charge in [0.2, 0.25) is 11.7 Å². The quantitative estimate of drug-likeness (QED) is 0.343. The number of nitrogens with one attached hydrogen (secondary N) is 1. The van der Waals surface area contributed by atoms with Gasteiger partial charge in [-0.2, -0.15) is 4.52 Å². The lowest BCUT2D eigenvalue weighted by Crippen LogP contribution is -2.68. The summed E-state index contributed by atoms with van der Waals surface area (Å²) in [4.78, 5) is 17.0. The van der Waals surface area contributed by atoms with Crippen molar-refractivity contribution in [1.29, 1.82) is 0 Å². The summed E-state index contributed by atoms with van der Waals surface area (Å²) in [5, 5.41) is 22.2. The topological polar surface area (TPSA) is 130 Å².